The van der Waals surface area contributed by atoms with Crippen molar-refractivity contribution in [3.8, 4) is 0 Å². The van der Waals surface area contributed by atoms with Gasteiger partial charge in [0, 0.05) is 23.1 Å². The Hall–Kier alpha value is -0.380. The Labute approximate surface area is 125 Å². The molecule has 2 unspecified atom stereocenters. The predicted octanol–water partition coefficient (Wildman–Crippen LogP) is 3.97. The molecule has 1 fully saturated rings. The van der Waals surface area contributed by atoms with Gasteiger partial charge in [0.2, 0.25) is 0 Å². The molecule has 0 radical (unpaired) electrons. The summed E-state index contributed by atoms with van der Waals surface area (Å²) in [5, 5.41) is 3.65. The van der Waals surface area contributed by atoms with Gasteiger partial charge in [0.15, 0.2) is 0 Å². The average Bonchev–Trinajstić information content (AvgIpc) is 2.45. The lowest BCUT2D eigenvalue weighted by Crippen LogP contribution is -2.44. The number of hydrogen-bond acceptors (Lipinski definition) is 2. The third kappa shape index (κ3) is 4.30. The van der Waals surface area contributed by atoms with Crippen LogP contribution in [0.25, 0.3) is 0 Å². The molecule has 0 amide bonds. The first-order valence-electron chi connectivity index (χ1n) is 7.43. The van der Waals surface area contributed by atoms with Crippen LogP contribution in [-0.4, -0.2) is 30.6 Å². The van der Waals surface area contributed by atoms with Crippen LogP contribution < -0.4 is 5.32 Å². The van der Waals surface area contributed by atoms with Gasteiger partial charge in [-0.3, -0.25) is 4.90 Å². The summed E-state index contributed by atoms with van der Waals surface area (Å²) in [6, 6.07) is 9.83. The molecule has 1 aliphatic rings. The van der Waals surface area contributed by atoms with Crippen molar-refractivity contribution in [3.63, 3.8) is 0 Å². The van der Waals surface area contributed by atoms with Gasteiger partial charge in [-0.1, -0.05) is 41.4 Å². The molecule has 0 aromatic heterocycles. The van der Waals surface area contributed by atoms with Gasteiger partial charge in [0.1, 0.15) is 0 Å². The summed E-state index contributed by atoms with van der Waals surface area (Å²) in [7, 11) is 0. The van der Waals surface area contributed by atoms with Gasteiger partial charge in [-0.15, -0.1) is 0 Å². The summed E-state index contributed by atoms with van der Waals surface area (Å²) in [4.78, 5) is 2.57. The van der Waals surface area contributed by atoms with E-state index in [1.807, 2.05) is 0 Å². The van der Waals surface area contributed by atoms with E-state index < -0.39 is 0 Å². The van der Waals surface area contributed by atoms with Crippen LogP contribution in [0.15, 0.2) is 28.7 Å². The van der Waals surface area contributed by atoms with Gasteiger partial charge < -0.3 is 5.32 Å². The lowest BCUT2D eigenvalue weighted by Gasteiger charge is -2.34. The van der Waals surface area contributed by atoms with E-state index in [9.17, 15) is 0 Å². The van der Waals surface area contributed by atoms with Crippen molar-refractivity contribution in [3.05, 3.63) is 34.3 Å². The Bertz CT molecular complexity index is 388. The number of piperidine rings is 1. The normalized spacial score (nSPS) is 21.6. The molecule has 3 heteroatoms. The first-order chi connectivity index (χ1) is 9.20. The fourth-order valence-electron chi connectivity index (χ4n) is 2.90. The number of nitrogens with zero attached hydrogens (tertiary/aromatic N) is 1. The molecule has 1 aromatic rings. The molecular weight excluding hydrogens is 300 g/mol. The number of benzene rings is 1. The topological polar surface area (TPSA) is 15.3 Å². The van der Waals surface area contributed by atoms with E-state index in [2.05, 4.69) is 64.3 Å². The summed E-state index contributed by atoms with van der Waals surface area (Å²) in [6.07, 6.45) is 4.03. The lowest BCUT2D eigenvalue weighted by molar-refractivity contribution is 0.184. The molecule has 2 rings (SSSR count). The molecule has 2 atom stereocenters. The highest BCUT2D eigenvalue weighted by molar-refractivity contribution is 9.10. The van der Waals surface area contributed by atoms with E-state index >= 15 is 0 Å². The highest BCUT2D eigenvalue weighted by Crippen LogP contribution is 2.24. The summed E-state index contributed by atoms with van der Waals surface area (Å²) in [5.41, 5.74) is 1.40. The van der Waals surface area contributed by atoms with Crippen LogP contribution in [0.2, 0.25) is 0 Å². The molecule has 19 heavy (non-hydrogen) atoms. The summed E-state index contributed by atoms with van der Waals surface area (Å²) in [5.74, 6) is 0. The highest BCUT2D eigenvalue weighted by atomic mass is 79.9. The number of likely N-dealkylation sites (N-methyl/N-ethyl adjacent to an activating group) is 1. The Morgan fingerprint density at radius 1 is 1.42 bits per heavy atom. The van der Waals surface area contributed by atoms with Crippen molar-refractivity contribution in [2.45, 2.75) is 45.2 Å². The lowest BCUT2D eigenvalue weighted by atomic mass is 10.0. The largest absolute Gasteiger partial charge is 0.313 e. The van der Waals surface area contributed by atoms with Crippen molar-refractivity contribution in [1.82, 2.24) is 10.2 Å². The Morgan fingerprint density at radius 2 is 2.26 bits per heavy atom. The molecular formula is C16H25BrN2. The zero-order valence-corrected chi connectivity index (χ0v) is 13.6. The quantitative estimate of drug-likeness (QED) is 0.881. The van der Waals surface area contributed by atoms with Gasteiger partial charge in [-0.2, -0.15) is 0 Å². The third-order valence-electron chi connectivity index (χ3n) is 4.15. The first kappa shape index (κ1) is 15.0. The second-order valence-electron chi connectivity index (χ2n) is 5.47. The van der Waals surface area contributed by atoms with Crippen LogP contribution in [-0.2, 0) is 0 Å². The van der Waals surface area contributed by atoms with E-state index in [1.54, 1.807) is 0 Å². The van der Waals surface area contributed by atoms with Crippen LogP contribution >= 0.6 is 15.9 Å². The smallest absolute Gasteiger partial charge is 0.0320 e. The van der Waals surface area contributed by atoms with E-state index in [4.69, 9.17) is 0 Å². The maximum Gasteiger partial charge on any atom is 0.0320 e. The number of nitrogens with one attached hydrogen (secondary N) is 1. The first-order valence-corrected chi connectivity index (χ1v) is 8.23. The van der Waals surface area contributed by atoms with Crippen LogP contribution in [0.4, 0.5) is 0 Å². The second-order valence-corrected chi connectivity index (χ2v) is 6.38. The number of hydrogen-bond donors (Lipinski definition) is 1. The summed E-state index contributed by atoms with van der Waals surface area (Å²) in [6.45, 7) is 8.02. The minimum Gasteiger partial charge on any atom is -0.313 e. The summed E-state index contributed by atoms with van der Waals surface area (Å²) >= 11 is 3.57. The van der Waals surface area contributed by atoms with E-state index in [0.717, 1.165) is 13.1 Å². The molecule has 1 saturated heterocycles. The highest BCUT2D eigenvalue weighted by Gasteiger charge is 2.20. The zero-order valence-electron chi connectivity index (χ0n) is 12.0. The molecule has 106 valence electrons. The number of rotatable bonds is 5. The molecule has 1 aliphatic heterocycles. The molecule has 0 saturated carbocycles. The van der Waals surface area contributed by atoms with Gasteiger partial charge in [-0.25, -0.2) is 0 Å². The standard InChI is InChI=1S/C16H25BrN2/c1-3-19(12-16-9-4-5-10-18-16)13(2)14-7-6-8-15(17)11-14/h6-8,11,13,16,18H,3-5,9-10,12H2,1-2H3. The predicted molar refractivity (Wildman–Crippen MR) is 85.4 cm³/mol. The minimum atomic E-state index is 0.478. The average molecular weight is 325 g/mol. The monoisotopic (exact) mass is 324 g/mol. The molecule has 0 spiro atoms. The zero-order chi connectivity index (χ0) is 13.7. The van der Waals surface area contributed by atoms with Crippen molar-refractivity contribution in [1.29, 1.82) is 0 Å². The van der Waals surface area contributed by atoms with Crippen molar-refractivity contribution in [2.24, 2.45) is 0 Å². The SMILES string of the molecule is CCN(CC1CCCCN1)C(C)c1cccc(Br)c1. The van der Waals surface area contributed by atoms with Gasteiger partial charge in [0.25, 0.3) is 0 Å². The molecule has 1 aromatic carbocycles. The maximum atomic E-state index is 3.65. The van der Waals surface area contributed by atoms with Gasteiger partial charge in [0.05, 0.1) is 0 Å². The molecule has 1 heterocycles. The van der Waals surface area contributed by atoms with Crippen molar-refractivity contribution < 1.29 is 0 Å². The van der Waals surface area contributed by atoms with E-state index in [0.29, 0.717) is 12.1 Å². The summed E-state index contributed by atoms with van der Waals surface area (Å²) < 4.78 is 1.17. The van der Waals surface area contributed by atoms with Crippen molar-refractivity contribution >= 4 is 15.9 Å². The Kier molecular flexibility index (Phi) is 5.86. The van der Waals surface area contributed by atoms with Gasteiger partial charge in [-0.05, 0) is 50.6 Å². The van der Waals surface area contributed by atoms with E-state index in [1.165, 1.54) is 35.8 Å². The third-order valence-corrected chi connectivity index (χ3v) is 4.65. The molecule has 0 aliphatic carbocycles. The van der Waals surface area contributed by atoms with Crippen LogP contribution in [0.1, 0.15) is 44.7 Å². The van der Waals surface area contributed by atoms with Crippen LogP contribution in [0, 0.1) is 0 Å². The maximum absolute atomic E-state index is 3.65. The molecule has 2 nitrogen and oxygen atoms in total. The number of halogens is 1. The second kappa shape index (κ2) is 7.41. The Morgan fingerprint density at radius 3 is 2.89 bits per heavy atom. The fraction of sp³-hybridized carbons (Fsp3) is 0.625. The Balaban J connectivity index is 1.99. The van der Waals surface area contributed by atoms with Crippen LogP contribution in [0.5, 0.6) is 0 Å². The van der Waals surface area contributed by atoms with Crippen LogP contribution in [0.3, 0.4) is 0 Å². The van der Waals surface area contributed by atoms with Crippen molar-refractivity contribution in [2.75, 3.05) is 19.6 Å². The molecule has 0 bridgehead atoms. The minimum absolute atomic E-state index is 0.478. The molecule has 1 N–H and O–H groups in total. The van der Waals surface area contributed by atoms with Gasteiger partial charge >= 0.3 is 0 Å². The van der Waals surface area contributed by atoms with E-state index in [-0.39, 0.29) is 0 Å². The fourth-order valence-corrected chi connectivity index (χ4v) is 3.32.